The van der Waals surface area contributed by atoms with Gasteiger partial charge in [-0.15, -0.1) is 0 Å². The summed E-state index contributed by atoms with van der Waals surface area (Å²) in [6.07, 6.45) is -3.73. The van der Waals surface area contributed by atoms with Crippen LogP contribution in [0.5, 0.6) is 0 Å². The molecule has 0 aliphatic carbocycles. The van der Waals surface area contributed by atoms with Crippen LogP contribution < -0.4 is 10.9 Å². The number of aliphatic hydroxyl groups is 1. The van der Waals surface area contributed by atoms with Gasteiger partial charge in [-0.2, -0.15) is 13.2 Å². The van der Waals surface area contributed by atoms with Gasteiger partial charge in [0.05, 0.1) is 12.1 Å². The van der Waals surface area contributed by atoms with E-state index < -0.39 is 48.2 Å². The Hall–Kier alpha value is -4.07. The number of rotatable bonds is 10. The van der Waals surface area contributed by atoms with E-state index in [1.165, 1.54) is 35.4 Å². The molecule has 1 aromatic carbocycles. The zero-order chi connectivity index (χ0) is 28.9. The second kappa shape index (κ2) is 12.2. The fourth-order valence-electron chi connectivity index (χ4n) is 3.64. The minimum absolute atomic E-state index is 0.0121. The Kier molecular flexibility index (Phi) is 9.22. The molecule has 0 spiro atoms. The zero-order valence-corrected chi connectivity index (χ0v) is 21.0. The molecule has 2 amide bonds. The molecule has 0 saturated heterocycles. The first-order valence-electron chi connectivity index (χ1n) is 11.7. The SMILES string of the molecule is CN(C)C(=O)/C=C/CC[C@H](O)C(=O)Nc1cccn(Cc2nc3c(F)cc(F)c(CCC(F)(F)F)c3[nH]2)c1=O. The number of fused-ring (bicyclic) bond motifs is 1. The molecule has 0 unspecified atom stereocenters. The maximum atomic E-state index is 14.3. The quantitative estimate of drug-likeness (QED) is 0.262. The van der Waals surface area contributed by atoms with Gasteiger partial charge in [-0.3, -0.25) is 14.4 Å². The third-order valence-electron chi connectivity index (χ3n) is 5.69. The van der Waals surface area contributed by atoms with Crippen molar-refractivity contribution in [1.29, 1.82) is 0 Å². The molecule has 3 aromatic rings. The number of H-pyrrole nitrogens is 1. The number of allylic oxidation sites excluding steroid dienone is 1. The number of pyridine rings is 1. The van der Waals surface area contributed by atoms with Crippen LogP contribution in [-0.2, 0) is 22.6 Å². The minimum atomic E-state index is -4.55. The summed E-state index contributed by atoms with van der Waals surface area (Å²) in [5.41, 5.74) is -1.89. The largest absolute Gasteiger partial charge is 0.389 e. The van der Waals surface area contributed by atoms with Crippen molar-refractivity contribution in [3.8, 4) is 0 Å². The van der Waals surface area contributed by atoms with Crippen LogP contribution in [-0.4, -0.2) is 62.7 Å². The number of aromatic amines is 1. The van der Waals surface area contributed by atoms with Crippen LogP contribution in [0.15, 0.2) is 41.3 Å². The number of aliphatic hydroxyl groups excluding tert-OH is 1. The number of amides is 2. The van der Waals surface area contributed by atoms with Crippen LogP contribution in [0.1, 0.15) is 30.7 Å². The van der Waals surface area contributed by atoms with Crippen molar-refractivity contribution in [2.75, 3.05) is 19.4 Å². The second-order valence-corrected chi connectivity index (χ2v) is 8.91. The highest BCUT2D eigenvalue weighted by atomic mass is 19.4. The molecule has 2 heterocycles. The predicted octanol–water partition coefficient (Wildman–Crippen LogP) is 3.27. The highest BCUT2D eigenvalue weighted by Gasteiger charge is 2.28. The van der Waals surface area contributed by atoms with Crippen molar-refractivity contribution in [2.24, 2.45) is 0 Å². The molecule has 14 heteroatoms. The topological polar surface area (TPSA) is 120 Å². The Morgan fingerprint density at radius 3 is 2.64 bits per heavy atom. The van der Waals surface area contributed by atoms with E-state index in [9.17, 15) is 41.4 Å². The molecule has 0 fully saturated rings. The van der Waals surface area contributed by atoms with E-state index in [4.69, 9.17) is 0 Å². The summed E-state index contributed by atoms with van der Waals surface area (Å²) in [5, 5.41) is 12.4. The average molecular weight is 556 g/mol. The molecule has 0 aliphatic heterocycles. The van der Waals surface area contributed by atoms with E-state index in [-0.39, 0.29) is 53.4 Å². The summed E-state index contributed by atoms with van der Waals surface area (Å²) >= 11 is 0. The molecule has 0 radical (unpaired) electrons. The number of alkyl halides is 3. The van der Waals surface area contributed by atoms with Crippen LogP contribution in [0.2, 0.25) is 0 Å². The molecular weight excluding hydrogens is 529 g/mol. The molecule has 39 heavy (non-hydrogen) atoms. The van der Waals surface area contributed by atoms with Crippen LogP contribution in [0.3, 0.4) is 0 Å². The molecule has 0 saturated carbocycles. The number of likely N-dealkylation sites (N-methyl/N-ethyl adjacent to an activating group) is 1. The Bertz CT molecular complexity index is 1450. The maximum Gasteiger partial charge on any atom is 0.389 e. The van der Waals surface area contributed by atoms with Gasteiger partial charge in [0.1, 0.15) is 28.9 Å². The number of nitrogens with zero attached hydrogens (tertiary/aromatic N) is 3. The van der Waals surface area contributed by atoms with Crippen molar-refractivity contribution in [2.45, 2.75) is 44.5 Å². The van der Waals surface area contributed by atoms with Crippen LogP contribution >= 0.6 is 0 Å². The highest BCUT2D eigenvalue weighted by Crippen LogP contribution is 2.28. The lowest BCUT2D eigenvalue weighted by Gasteiger charge is -2.11. The Balaban J connectivity index is 1.74. The summed E-state index contributed by atoms with van der Waals surface area (Å²) < 4.78 is 67.7. The number of carbonyl (C=O) groups is 2. The van der Waals surface area contributed by atoms with Gasteiger partial charge in [0.15, 0.2) is 5.82 Å². The molecular formula is C25H26F5N5O4. The van der Waals surface area contributed by atoms with Crippen molar-refractivity contribution in [3.05, 3.63) is 69.9 Å². The zero-order valence-electron chi connectivity index (χ0n) is 21.0. The fraction of sp³-hybridized carbons (Fsp3) is 0.360. The summed E-state index contributed by atoms with van der Waals surface area (Å²) in [6, 6.07) is 3.17. The Labute approximate surface area is 218 Å². The van der Waals surface area contributed by atoms with Crippen molar-refractivity contribution >= 4 is 28.5 Å². The van der Waals surface area contributed by atoms with Gasteiger partial charge < -0.3 is 24.9 Å². The van der Waals surface area contributed by atoms with Crippen LogP contribution in [0.25, 0.3) is 11.0 Å². The molecule has 0 bridgehead atoms. The molecule has 2 aromatic heterocycles. The third-order valence-corrected chi connectivity index (χ3v) is 5.69. The third kappa shape index (κ3) is 7.72. The van der Waals surface area contributed by atoms with E-state index >= 15 is 0 Å². The number of nitrogens with one attached hydrogen (secondary N) is 2. The first-order chi connectivity index (χ1) is 18.3. The molecule has 0 aliphatic rings. The standard InChI is InChI=1S/C25H26F5N5O4/c1-34(2)20(37)8-4-3-7-18(36)23(38)31-17-6-5-11-35(24(17)39)13-19-32-21-14(9-10-25(28,29)30)15(26)12-16(27)22(21)33-19/h4-6,8,11-12,18,36H,3,7,9-10,13H2,1-2H3,(H,31,38)(H,32,33)/b8-4+/t18-/m0/s1. The molecule has 3 rings (SSSR count). The van der Waals surface area contributed by atoms with Crippen molar-refractivity contribution < 1.29 is 36.6 Å². The van der Waals surface area contributed by atoms with Crippen molar-refractivity contribution in [3.63, 3.8) is 0 Å². The monoisotopic (exact) mass is 555 g/mol. The lowest BCUT2D eigenvalue weighted by Crippen LogP contribution is -2.32. The number of hydrogen-bond acceptors (Lipinski definition) is 5. The number of aromatic nitrogens is 3. The number of halogens is 5. The summed E-state index contributed by atoms with van der Waals surface area (Å²) in [7, 11) is 3.15. The average Bonchev–Trinajstić information content (AvgIpc) is 3.27. The number of anilines is 1. The lowest BCUT2D eigenvalue weighted by molar-refractivity contribution is -0.134. The second-order valence-electron chi connectivity index (χ2n) is 8.91. The number of hydrogen-bond donors (Lipinski definition) is 3. The van der Waals surface area contributed by atoms with Crippen LogP contribution in [0.4, 0.5) is 27.6 Å². The number of benzene rings is 1. The highest BCUT2D eigenvalue weighted by molar-refractivity contribution is 5.93. The van der Waals surface area contributed by atoms with Crippen molar-refractivity contribution in [1.82, 2.24) is 19.4 Å². The van der Waals surface area contributed by atoms with Gasteiger partial charge in [0.25, 0.3) is 11.5 Å². The number of carbonyl (C=O) groups excluding carboxylic acids is 2. The number of aryl methyl sites for hydroxylation is 1. The van der Waals surface area contributed by atoms with E-state index in [0.29, 0.717) is 6.07 Å². The summed E-state index contributed by atoms with van der Waals surface area (Å²) in [5.74, 6) is -3.38. The fourth-order valence-corrected chi connectivity index (χ4v) is 3.64. The molecule has 1 atom stereocenters. The molecule has 3 N–H and O–H groups in total. The van der Waals surface area contributed by atoms with Gasteiger partial charge in [-0.05, 0) is 37.5 Å². The van der Waals surface area contributed by atoms with E-state index in [2.05, 4.69) is 15.3 Å². The first-order valence-corrected chi connectivity index (χ1v) is 11.7. The van der Waals surface area contributed by atoms with E-state index in [1.54, 1.807) is 14.1 Å². The minimum Gasteiger partial charge on any atom is -0.383 e. The smallest absolute Gasteiger partial charge is 0.383 e. The van der Waals surface area contributed by atoms with E-state index in [0.717, 1.165) is 4.57 Å². The first kappa shape index (κ1) is 29.5. The van der Waals surface area contributed by atoms with E-state index in [1.807, 2.05) is 0 Å². The summed E-state index contributed by atoms with van der Waals surface area (Å²) in [4.78, 5) is 44.6. The molecule has 210 valence electrons. The predicted molar refractivity (Wildman–Crippen MR) is 132 cm³/mol. The lowest BCUT2D eigenvalue weighted by atomic mass is 10.1. The normalized spacial score (nSPS) is 12.7. The maximum absolute atomic E-state index is 14.3. The Morgan fingerprint density at radius 2 is 1.97 bits per heavy atom. The molecule has 9 nitrogen and oxygen atoms in total. The van der Waals surface area contributed by atoms with Gasteiger partial charge in [0.2, 0.25) is 5.91 Å². The van der Waals surface area contributed by atoms with Gasteiger partial charge in [-0.1, -0.05) is 6.08 Å². The summed E-state index contributed by atoms with van der Waals surface area (Å²) in [6.45, 7) is -0.301. The number of imidazole rings is 1. The van der Waals surface area contributed by atoms with Gasteiger partial charge in [-0.25, -0.2) is 13.8 Å². The van der Waals surface area contributed by atoms with Gasteiger partial charge >= 0.3 is 6.18 Å². The van der Waals surface area contributed by atoms with Crippen LogP contribution in [0, 0.1) is 11.6 Å². The van der Waals surface area contributed by atoms with Gasteiger partial charge in [0, 0.05) is 38.3 Å². The Morgan fingerprint density at radius 1 is 1.26 bits per heavy atom.